The zero-order chi connectivity index (χ0) is 50.6. The number of alkyl halides is 7. The summed E-state index contributed by atoms with van der Waals surface area (Å²) in [5, 5.41) is 9.93. The van der Waals surface area contributed by atoms with E-state index in [-0.39, 0.29) is 23.6 Å². The predicted octanol–water partition coefficient (Wildman–Crippen LogP) is 0.936. The Kier molecular flexibility index (Phi) is 19.1. The first kappa shape index (κ1) is 53.6. The highest BCUT2D eigenvalue weighted by molar-refractivity contribution is 6.14. The van der Waals surface area contributed by atoms with Gasteiger partial charge in [0.05, 0.1) is 63.9 Å². The molecular formula is C40H42F7N5O16. The molecule has 4 amide bonds. The third-order valence-corrected chi connectivity index (χ3v) is 9.93. The van der Waals surface area contributed by atoms with Crippen LogP contribution >= 0.6 is 0 Å². The topological polar surface area (TPSA) is 258 Å². The van der Waals surface area contributed by atoms with Gasteiger partial charge in [0, 0.05) is 20.2 Å². The van der Waals surface area contributed by atoms with Crippen molar-refractivity contribution in [3.63, 3.8) is 0 Å². The summed E-state index contributed by atoms with van der Waals surface area (Å²) in [5.41, 5.74) is -3.53. The molecule has 7 atom stereocenters. The molecule has 1 aliphatic heterocycles. The van der Waals surface area contributed by atoms with Crippen LogP contribution in [-0.4, -0.2) is 161 Å². The molecule has 1 N–H and O–H groups in total. The molecule has 2 heterocycles. The van der Waals surface area contributed by atoms with E-state index in [1.807, 2.05) is 0 Å². The molecular weight excluding hydrogens is 939 g/mol. The fraction of sp³-hybridized carbons (Fsp3) is 0.500. The molecule has 7 unspecified atom stereocenters. The lowest BCUT2D eigenvalue weighted by Gasteiger charge is -2.32. The summed E-state index contributed by atoms with van der Waals surface area (Å²) in [6.45, 7) is -4.45. The van der Waals surface area contributed by atoms with Gasteiger partial charge < -0.3 is 28.8 Å². The Morgan fingerprint density at radius 3 is 1.50 bits per heavy atom. The number of hydrogen-bond acceptors (Lipinski definition) is 16. The van der Waals surface area contributed by atoms with Crippen LogP contribution in [0.15, 0.2) is 50.8 Å². The van der Waals surface area contributed by atoms with Crippen LogP contribution in [0, 0.1) is 0 Å². The number of aliphatic hydroxyl groups excluding tert-OH is 1. The molecule has 0 bridgehead atoms. The number of nitrogens with zero attached hydrogens (tertiary/aromatic N) is 5. The van der Waals surface area contributed by atoms with Crippen molar-refractivity contribution in [1.29, 1.82) is 0 Å². The fourth-order valence-corrected chi connectivity index (χ4v) is 6.31. The average molecular weight is 982 g/mol. The van der Waals surface area contributed by atoms with Crippen LogP contribution in [0.2, 0.25) is 0 Å². The number of hydrogen-bond donors (Lipinski definition) is 1. The van der Waals surface area contributed by atoms with Crippen LogP contribution in [0.3, 0.4) is 0 Å². The van der Waals surface area contributed by atoms with Crippen LogP contribution in [0.4, 0.5) is 35.5 Å². The molecule has 28 heteroatoms. The van der Waals surface area contributed by atoms with E-state index in [1.54, 1.807) is 0 Å². The van der Waals surface area contributed by atoms with Crippen LogP contribution in [-0.2, 0) is 62.5 Å². The number of rotatable bonds is 24. The molecule has 3 aromatic rings. The third kappa shape index (κ3) is 12.9. The zero-order valence-corrected chi connectivity index (χ0v) is 35.7. The van der Waals surface area contributed by atoms with Crippen molar-refractivity contribution >= 4 is 52.5 Å². The molecule has 68 heavy (non-hydrogen) atoms. The van der Waals surface area contributed by atoms with Crippen LogP contribution in [0.25, 0.3) is 10.8 Å². The Morgan fingerprint density at radius 1 is 0.574 bits per heavy atom. The van der Waals surface area contributed by atoms with E-state index >= 15 is 0 Å². The highest BCUT2D eigenvalue weighted by atomic mass is 19.2. The van der Waals surface area contributed by atoms with Gasteiger partial charge in [0.25, 0.3) is 12.7 Å². The molecule has 1 saturated heterocycles. The Hall–Kier alpha value is -6.97. The van der Waals surface area contributed by atoms with Gasteiger partial charge in [0.1, 0.15) is 13.0 Å². The van der Waals surface area contributed by atoms with Gasteiger partial charge >= 0.3 is 47.0 Å². The fourth-order valence-electron chi connectivity index (χ4n) is 6.31. The molecule has 0 saturated carbocycles. The van der Waals surface area contributed by atoms with Crippen molar-refractivity contribution in [3.8, 4) is 0 Å². The number of ether oxygens (including phenoxy) is 5. The number of esters is 4. The number of carbonyl (C=O) groups is 7. The summed E-state index contributed by atoms with van der Waals surface area (Å²) < 4.78 is 126. The monoisotopic (exact) mass is 981 g/mol. The Balaban J connectivity index is 1.25. The minimum absolute atomic E-state index is 0.104. The Labute approximate surface area is 377 Å². The highest BCUT2D eigenvalue weighted by Gasteiger charge is 2.48. The number of fused-ring (bicyclic) bond motifs is 1. The number of imide groups is 2. The van der Waals surface area contributed by atoms with E-state index in [1.165, 1.54) is 31.4 Å². The lowest BCUT2D eigenvalue weighted by atomic mass is 10.0. The maximum Gasteiger partial charge on any atom is 0.340 e. The number of carbonyl (C=O) groups excluding carboxylic acids is 7. The van der Waals surface area contributed by atoms with Crippen molar-refractivity contribution in [3.05, 3.63) is 79.0 Å². The standard InChI is InChI=1S/C40H42F7N5O16/c1-64-15-12-51-38(61)50(11-14-53)39(62)52(40(51)63)13-16-66-26(56)7-9-48-24(54)19-25(55)49(37(48)60)10-8-27(57)67-33(46)31(44)29(42)28(41)30(43)32(45)34(47)68-36(59)23-6-4-20-17-22(35(58)65-2)5-3-21(20)18-23/h3-6,17-18,28-34,53H,7-16,19H2,1-2H3. The third-order valence-electron chi connectivity index (χ3n) is 9.93. The summed E-state index contributed by atoms with van der Waals surface area (Å²) in [6.07, 6.45) is -29.7. The van der Waals surface area contributed by atoms with Gasteiger partial charge in [-0.15, -0.1) is 0 Å². The van der Waals surface area contributed by atoms with Crippen LogP contribution in [0.5, 0.6) is 0 Å². The second-order valence-corrected chi connectivity index (χ2v) is 14.4. The van der Waals surface area contributed by atoms with Crippen molar-refractivity contribution in [2.45, 2.75) is 82.5 Å². The minimum Gasteiger partial charge on any atom is -0.465 e. The van der Waals surface area contributed by atoms with Gasteiger partial charge in [0.2, 0.25) is 24.2 Å². The Morgan fingerprint density at radius 2 is 1.01 bits per heavy atom. The number of amides is 4. The summed E-state index contributed by atoms with van der Waals surface area (Å²) in [4.78, 5) is 125. The quantitative estimate of drug-likeness (QED) is 0.0567. The molecule has 0 radical (unpaired) electrons. The van der Waals surface area contributed by atoms with E-state index in [0.29, 0.717) is 29.4 Å². The summed E-state index contributed by atoms with van der Waals surface area (Å²) in [6, 6.07) is 6.07. The molecule has 0 aliphatic carbocycles. The predicted molar refractivity (Wildman–Crippen MR) is 213 cm³/mol. The van der Waals surface area contributed by atoms with Crippen LogP contribution < -0.4 is 17.1 Å². The normalized spacial score (nSPS) is 16.1. The van der Waals surface area contributed by atoms with E-state index < -0.39 is 167 Å². The number of halogens is 7. The smallest absolute Gasteiger partial charge is 0.340 e. The van der Waals surface area contributed by atoms with E-state index in [4.69, 9.17) is 9.47 Å². The zero-order valence-electron chi connectivity index (χ0n) is 35.7. The number of aromatic nitrogens is 3. The molecule has 1 aliphatic rings. The lowest BCUT2D eigenvalue weighted by molar-refractivity contribution is -0.171. The first-order valence-electron chi connectivity index (χ1n) is 20.0. The summed E-state index contributed by atoms with van der Waals surface area (Å²) in [7, 11) is 2.42. The number of aliphatic hydroxyl groups is 1. The molecule has 2 aromatic carbocycles. The molecule has 4 rings (SSSR count). The maximum absolute atomic E-state index is 14.5. The summed E-state index contributed by atoms with van der Waals surface area (Å²) >= 11 is 0. The largest absolute Gasteiger partial charge is 0.465 e. The molecule has 372 valence electrons. The summed E-state index contributed by atoms with van der Waals surface area (Å²) in [5.74, 6) is -7.53. The molecule has 21 nitrogen and oxygen atoms in total. The lowest BCUT2D eigenvalue weighted by Crippen LogP contribution is -2.56. The minimum atomic E-state index is -3.97. The van der Waals surface area contributed by atoms with Gasteiger partial charge in [-0.25, -0.2) is 64.4 Å². The van der Waals surface area contributed by atoms with Crippen molar-refractivity contribution in [2.75, 3.05) is 47.1 Å². The first-order valence-corrected chi connectivity index (χ1v) is 20.0. The van der Waals surface area contributed by atoms with Crippen molar-refractivity contribution in [1.82, 2.24) is 23.5 Å². The number of benzene rings is 2. The second kappa shape index (κ2) is 24.2. The highest BCUT2D eigenvalue weighted by Crippen LogP contribution is 2.28. The molecule has 1 aromatic heterocycles. The first-order chi connectivity index (χ1) is 32.2. The second-order valence-electron chi connectivity index (χ2n) is 14.4. The van der Waals surface area contributed by atoms with Crippen molar-refractivity contribution < 1.29 is 93.1 Å². The Bertz CT molecular complexity index is 2560. The van der Waals surface area contributed by atoms with E-state index in [9.17, 15) is 83.8 Å². The van der Waals surface area contributed by atoms with Crippen LogP contribution in [0.1, 0.15) is 40.0 Å². The van der Waals surface area contributed by atoms with Gasteiger partial charge in [-0.3, -0.25) is 29.0 Å². The maximum atomic E-state index is 14.5. The van der Waals surface area contributed by atoms with Gasteiger partial charge in [0.15, 0.2) is 18.5 Å². The van der Waals surface area contributed by atoms with Gasteiger partial charge in [-0.05, 0) is 35.0 Å². The molecule has 1 fully saturated rings. The number of urea groups is 1. The SMILES string of the molecule is COCCn1c(=O)n(CCO)c(=O)n(CCOC(=O)CCN2C(=O)CC(=O)N(CCC(=O)OC(F)C(F)C(F)C(F)C(F)C(F)C(F)OC(=O)c3ccc4cc(C(=O)OC)ccc4c3)C2=O)c1=O. The average Bonchev–Trinajstić information content (AvgIpc) is 3.31. The van der Waals surface area contributed by atoms with E-state index in [0.717, 1.165) is 19.2 Å². The van der Waals surface area contributed by atoms with Gasteiger partial charge in [-0.1, -0.05) is 12.1 Å². The number of methoxy groups -OCH3 is 2. The van der Waals surface area contributed by atoms with E-state index in [2.05, 4.69) is 14.2 Å². The number of barbiturate groups is 1. The van der Waals surface area contributed by atoms with Gasteiger partial charge in [-0.2, -0.15) is 8.78 Å². The van der Waals surface area contributed by atoms with Crippen molar-refractivity contribution in [2.24, 2.45) is 0 Å². The molecule has 0 spiro atoms.